The highest BCUT2D eigenvalue weighted by molar-refractivity contribution is 5.41. The first-order valence-electron chi connectivity index (χ1n) is 8.75. The number of ether oxygens (including phenoxy) is 2. The van der Waals surface area contributed by atoms with Crippen molar-refractivity contribution in [2.24, 2.45) is 0 Å². The molecule has 1 fully saturated rings. The minimum atomic E-state index is -0.272. The van der Waals surface area contributed by atoms with E-state index in [0.29, 0.717) is 0 Å². The lowest BCUT2D eigenvalue weighted by atomic mass is 9.79. The molecule has 2 aromatic carbocycles. The predicted molar refractivity (Wildman–Crippen MR) is 95.1 cm³/mol. The Morgan fingerprint density at radius 2 is 1.75 bits per heavy atom. The zero-order chi connectivity index (χ0) is 16.6. The molecule has 2 aliphatic rings. The van der Waals surface area contributed by atoms with Crippen molar-refractivity contribution in [2.45, 2.75) is 38.0 Å². The van der Waals surface area contributed by atoms with Crippen molar-refractivity contribution in [3.8, 4) is 5.75 Å². The van der Waals surface area contributed by atoms with Crippen LogP contribution in [0.25, 0.3) is 0 Å². The van der Waals surface area contributed by atoms with Gasteiger partial charge in [-0.1, -0.05) is 48.5 Å². The minimum Gasteiger partial charge on any atom is -0.487 e. The first-order valence-corrected chi connectivity index (χ1v) is 8.75. The van der Waals surface area contributed by atoms with E-state index in [2.05, 4.69) is 67.3 Å². The molecular formula is C21H25NO2. The van der Waals surface area contributed by atoms with Crippen LogP contribution in [0, 0.1) is 0 Å². The first-order chi connectivity index (χ1) is 11.6. The Balaban J connectivity index is 1.64. The molecule has 4 rings (SSSR count). The molecule has 1 atom stereocenters. The number of hydrogen-bond donors (Lipinski definition) is 0. The lowest BCUT2D eigenvalue weighted by Crippen LogP contribution is -2.55. The molecule has 126 valence electrons. The second kappa shape index (κ2) is 5.91. The second-order valence-electron chi connectivity index (χ2n) is 7.57. The van der Waals surface area contributed by atoms with Gasteiger partial charge in [-0.2, -0.15) is 0 Å². The molecule has 2 heterocycles. The molecule has 0 N–H and O–H groups in total. The molecule has 2 aromatic rings. The van der Waals surface area contributed by atoms with Crippen molar-refractivity contribution in [3.05, 3.63) is 65.7 Å². The molecule has 0 bridgehead atoms. The summed E-state index contributed by atoms with van der Waals surface area (Å²) in [5.41, 5.74) is 2.06. The third kappa shape index (κ3) is 2.94. The van der Waals surface area contributed by atoms with Crippen molar-refractivity contribution >= 4 is 0 Å². The standard InChI is InChI=1S/C21H25NO2/c1-20(2)15-21(18-10-6-7-11-19(18)24-20)16-22(12-13-23-21)14-17-8-4-3-5-9-17/h3-11H,12-16H2,1-2H3. The highest BCUT2D eigenvalue weighted by atomic mass is 16.5. The van der Waals surface area contributed by atoms with Crippen LogP contribution >= 0.6 is 0 Å². The number of hydrogen-bond acceptors (Lipinski definition) is 3. The average molecular weight is 323 g/mol. The van der Waals surface area contributed by atoms with Crippen molar-refractivity contribution < 1.29 is 9.47 Å². The zero-order valence-corrected chi connectivity index (χ0v) is 14.5. The van der Waals surface area contributed by atoms with Crippen LogP contribution in [0.2, 0.25) is 0 Å². The third-order valence-corrected chi connectivity index (χ3v) is 4.99. The molecule has 0 amide bonds. The van der Waals surface area contributed by atoms with Crippen LogP contribution in [0.4, 0.5) is 0 Å². The number of para-hydroxylation sites is 1. The quantitative estimate of drug-likeness (QED) is 0.834. The molecule has 3 nitrogen and oxygen atoms in total. The van der Waals surface area contributed by atoms with Crippen molar-refractivity contribution in [3.63, 3.8) is 0 Å². The lowest BCUT2D eigenvalue weighted by molar-refractivity contribution is -0.157. The minimum absolute atomic E-state index is 0.218. The van der Waals surface area contributed by atoms with Gasteiger partial charge >= 0.3 is 0 Å². The Morgan fingerprint density at radius 1 is 1.00 bits per heavy atom. The summed E-state index contributed by atoms with van der Waals surface area (Å²) in [6.45, 7) is 7.92. The molecule has 1 spiro atoms. The van der Waals surface area contributed by atoms with Gasteiger partial charge in [0.15, 0.2) is 0 Å². The maximum Gasteiger partial charge on any atom is 0.126 e. The van der Waals surface area contributed by atoms with Gasteiger partial charge in [0.2, 0.25) is 0 Å². The fraction of sp³-hybridized carbons (Fsp3) is 0.429. The number of fused-ring (bicyclic) bond motifs is 2. The van der Waals surface area contributed by atoms with E-state index < -0.39 is 0 Å². The first kappa shape index (κ1) is 15.7. The summed E-state index contributed by atoms with van der Waals surface area (Å²) in [6.07, 6.45) is 0.877. The summed E-state index contributed by atoms with van der Waals surface area (Å²) in [4.78, 5) is 2.51. The number of rotatable bonds is 2. The normalized spacial score (nSPS) is 25.9. The fourth-order valence-corrected chi connectivity index (χ4v) is 4.15. The Kier molecular flexibility index (Phi) is 3.86. The summed E-state index contributed by atoms with van der Waals surface area (Å²) in [5.74, 6) is 0.968. The molecule has 0 aromatic heterocycles. The Hall–Kier alpha value is -1.84. The van der Waals surface area contributed by atoms with Crippen molar-refractivity contribution in [1.29, 1.82) is 0 Å². The van der Waals surface area contributed by atoms with Gasteiger partial charge in [0.25, 0.3) is 0 Å². The van der Waals surface area contributed by atoms with Crippen LogP contribution in [-0.2, 0) is 16.9 Å². The van der Waals surface area contributed by atoms with Gasteiger partial charge in [0.1, 0.15) is 17.0 Å². The molecule has 1 unspecified atom stereocenters. The van der Waals surface area contributed by atoms with E-state index in [4.69, 9.17) is 9.47 Å². The van der Waals surface area contributed by atoms with Crippen LogP contribution in [0.15, 0.2) is 54.6 Å². The molecule has 1 saturated heterocycles. The van der Waals surface area contributed by atoms with Gasteiger partial charge in [0.05, 0.1) is 6.61 Å². The number of morpholine rings is 1. The Bertz CT molecular complexity index is 713. The highest BCUT2D eigenvalue weighted by Crippen LogP contribution is 2.47. The second-order valence-corrected chi connectivity index (χ2v) is 7.57. The summed E-state index contributed by atoms with van der Waals surface area (Å²) >= 11 is 0. The largest absolute Gasteiger partial charge is 0.487 e. The fourth-order valence-electron chi connectivity index (χ4n) is 4.15. The van der Waals surface area contributed by atoms with Crippen molar-refractivity contribution in [1.82, 2.24) is 4.90 Å². The monoisotopic (exact) mass is 323 g/mol. The number of nitrogens with zero attached hydrogens (tertiary/aromatic N) is 1. The Morgan fingerprint density at radius 3 is 2.58 bits per heavy atom. The van der Waals surface area contributed by atoms with Crippen LogP contribution in [-0.4, -0.2) is 30.2 Å². The zero-order valence-electron chi connectivity index (χ0n) is 14.5. The van der Waals surface area contributed by atoms with Crippen molar-refractivity contribution in [2.75, 3.05) is 19.7 Å². The molecule has 3 heteroatoms. The predicted octanol–water partition coefficient (Wildman–Crippen LogP) is 3.98. The number of benzene rings is 2. The molecule has 2 aliphatic heterocycles. The lowest BCUT2D eigenvalue weighted by Gasteiger charge is -2.50. The van der Waals surface area contributed by atoms with Crippen LogP contribution in [0.5, 0.6) is 5.75 Å². The Labute approximate surface area is 144 Å². The molecule has 24 heavy (non-hydrogen) atoms. The van der Waals surface area contributed by atoms with Crippen LogP contribution < -0.4 is 4.74 Å². The SMILES string of the molecule is CC1(C)CC2(CN(Cc3ccccc3)CCO2)c2ccccc2O1. The van der Waals surface area contributed by atoms with E-state index in [-0.39, 0.29) is 11.2 Å². The topological polar surface area (TPSA) is 21.7 Å². The van der Waals surface area contributed by atoms with E-state index in [9.17, 15) is 0 Å². The van der Waals surface area contributed by atoms with E-state index in [1.54, 1.807) is 0 Å². The molecule has 0 radical (unpaired) electrons. The van der Waals surface area contributed by atoms with Crippen LogP contribution in [0.1, 0.15) is 31.4 Å². The van der Waals surface area contributed by atoms with Gasteiger partial charge in [0, 0.05) is 31.6 Å². The van der Waals surface area contributed by atoms with Crippen LogP contribution in [0.3, 0.4) is 0 Å². The van der Waals surface area contributed by atoms with Gasteiger partial charge in [-0.3, -0.25) is 4.90 Å². The van der Waals surface area contributed by atoms with Gasteiger partial charge < -0.3 is 9.47 Å². The van der Waals surface area contributed by atoms with Gasteiger partial charge in [-0.15, -0.1) is 0 Å². The maximum absolute atomic E-state index is 6.41. The van der Waals surface area contributed by atoms with E-state index in [1.165, 1.54) is 11.1 Å². The van der Waals surface area contributed by atoms with E-state index in [1.807, 2.05) is 6.07 Å². The summed E-state index contributed by atoms with van der Waals surface area (Å²) in [7, 11) is 0. The average Bonchev–Trinajstić information content (AvgIpc) is 2.55. The summed E-state index contributed by atoms with van der Waals surface area (Å²) in [5, 5.41) is 0. The molecule has 0 saturated carbocycles. The summed E-state index contributed by atoms with van der Waals surface area (Å²) < 4.78 is 12.6. The highest BCUT2D eigenvalue weighted by Gasteiger charge is 2.48. The smallest absolute Gasteiger partial charge is 0.126 e. The summed E-state index contributed by atoms with van der Waals surface area (Å²) in [6, 6.07) is 19.0. The molecule has 0 aliphatic carbocycles. The van der Waals surface area contributed by atoms with E-state index >= 15 is 0 Å². The molecular weight excluding hydrogens is 298 g/mol. The maximum atomic E-state index is 6.41. The van der Waals surface area contributed by atoms with Gasteiger partial charge in [-0.25, -0.2) is 0 Å². The van der Waals surface area contributed by atoms with Gasteiger partial charge in [-0.05, 0) is 25.5 Å². The third-order valence-electron chi connectivity index (χ3n) is 4.99. The van der Waals surface area contributed by atoms with E-state index in [0.717, 1.165) is 38.4 Å².